The Morgan fingerprint density at radius 3 is 1.36 bits per heavy atom. The minimum Gasteiger partial charge on any atom is -0.462 e. The average molecular weight is 310 g/mol. The molecule has 0 radical (unpaired) electrons. The second-order valence-electron chi connectivity index (χ2n) is 5.03. The van der Waals surface area contributed by atoms with Crippen molar-refractivity contribution in [3.63, 3.8) is 0 Å². The summed E-state index contributed by atoms with van der Waals surface area (Å²) in [6.45, 7) is 8.66. The molecule has 0 aliphatic carbocycles. The van der Waals surface area contributed by atoms with Crippen molar-refractivity contribution in [1.82, 2.24) is 0 Å². The number of ether oxygens (including phenoxy) is 2. The maximum Gasteiger partial charge on any atom is 0.338 e. The first-order chi connectivity index (χ1) is 10.6. The zero-order valence-electron chi connectivity index (χ0n) is 14.4. The molecule has 126 valence electrons. The van der Waals surface area contributed by atoms with Crippen molar-refractivity contribution in [1.29, 1.82) is 0 Å². The lowest BCUT2D eigenvalue weighted by Crippen LogP contribution is -2.18. The van der Waals surface area contributed by atoms with Gasteiger partial charge in [-0.15, -0.1) is 0 Å². The van der Waals surface area contributed by atoms with Crippen LogP contribution in [0.25, 0.3) is 0 Å². The number of allylic oxidation sites excluding steroid dienone is 2. The maximum atomic E-state index is 12.2. The Kier molecular flexibility index (Phi) is 12.2. The van der Waals surface area contributed by atoms with Crippen LogP contribution >= 0.6 is 0 Å². The molecule has 22 heavy (non-hydrogen) atoms. The van der Waals surface area contributed by atoms with E-state index in [9.17, 15) is 9.59 Å². The molecule has 0 aliphatic heterocycles. The third-order valence-electron chi connectivity index (χ3n) is 3.01. The van der Waals surface area contributed by atoms with Gasteiger partial charge >= 0.3 is 11.9 Å². The standard InChI is InChI=1S/C18H30O4/c1-5-9-13-21-17(19)15(11-7-3)16(12-8-4)18(20)22-14-10-6-2/h11-12H,5-10,13-14H2,1-4H3. The Bertz CT molecular complexity index is 356. The third-order valence-corrected chi connectivity index (χ3v) is 3.01. The average Bonchev–Trinajstić information content (AvgIpc) is 2.51. The zero-order chi connectivity index (χ0) is 16.8. The molecule has 0 aromatic rings. The van der Waals surface area contributed by atoms with Gasteiger partial charge in [-0.05, 0) is 25.7 Å². The van der Waals surface area contributed by atoms with E-state index in [4.69, 9.17) is 9.47 Å². The lowest BCUT2D eigenvalue weighted by atomic mass is 10.0. The molecule has 0 aliphatic rings. The van der Waals surface area contributed by atoms with Crippen LogP contribution in [0, 0.1) is 0 Å². The number of hydrogen-bond acceptors (Lipinski definition) is 4. The van der Waals surface area contributed by atoms with Gasteiger partial charge in [-0.25, -0.2) is 9.59 Å². The predicted molar refractivity (Wildman–Crippen MR) is 88.5 cm³/mol. The third kappa shape index (κ3) is 8.01. The summed E-state index contributed by atoms with van der Waals surface area (Å²) in [5.74, 6) is -0.884. The normalized spacial score (nSPS) is 12.2. The highest BCUT2D eigenvalue weighted by molar-refractivity contribution is 6.06. The van der Waals surface area contributed by atoms with Crippen molar-refractivity contribution < 1.29 is 19.1 Å². The van der Waals surface area contributed by atoms with Crippen LogP contribution in [0.2, 0.25) is 0 Å². The summed E-state index contributed by atoms with van der Waals surface area (Å²) in [5.41, 5.74) is 0.643. The zero-order valence-corrected chi connectivity index (χ0v) is 14.4. The van der Waals surface area contributed by atoms with Gasteiger partial charge < -0.3 is 9.47 Å². The molecular weight excluding hydrogens is 280 g/mol. The van der Waals surface area contributed by atoms with Crippen LogP contribution < -0.4 is 0 Å². The van der Waals surface area contributed by atoms with Crippen molar-refractivity contribution in [2.24, 2.45) is 0 Å². The summed E-state index contributed by atoms with van der Waals surface area (Å²) in [4.78, 5) is 24.4. The number of esters is 2. The van der Waals surface area contributed by atoms with Gasteiger partial charge in [0.15, 0.2) is 0 Å². The van der Waals surface area contributed by atoms with E-state index in [1.807, 2.05) is 27.7 Å². The van der Waals surface area contributed by atoms with E-state index in [1.54, 1.807) is 12.2 Å². The van der Waals surface area contributed by atoms with Gasteiger partial charge in [-0.1, -0.05) is 52.7 Å². The van der Waals surface area contributed by atoms with Gasteiger partial charge in [0.2, 0.25) is 0 Å². The van der Waals surface area contributed by atoms with Crippen LogP contribution in [0.4, 0.5) is 0 Å². The molecule has 0 heterocycles. The van der Waals surface area contributed by atoms with Crippen molar-refractivity contribution in [2.45, 2.75) is 66.2 Å². The molecule has 0 spiro atoms. The van der Waals surface area contributed by atoms with Gasteiger partial charge in [-0.2, -0.15) is 0 Å². The summed E-state index contributed by atoms with van der Waals surface area (Å²) in [6.07, 6.45) is 8.32. The molecule has 0 bridgehead atoms. The molecule has 0 rings (SSSR count). The quantitative estimate of drug-likeness (QED) is 0.246. The van der Waals surface area contributed by atoms with Crippen molar-refractivity contribution >= 4 is 11.9 Å². The van der Waals surface area contributed by atoms with Crippen LogP contribution in [-0.4, -0.2) is 25.2 Å². The van der Waals surface area contributed by atoms with E-state index < -0.39 is 11.9 Å². The first-order valence-corrected chi connectivity index (χ1v) is 8.37. The molecule has 0 aromatic carbocycles. The Labute approximate surface area is 134 Å². The van der Waals surface area contributed by atoms with Gasteiger partial charge in [-0.3, -0.25) is 0 Å². The molecule has 0 aromatic heterocycles. The molecule has 4 heteroatoms. The number of carbonyl (C=O) groups is 2. The predicted octanol–water partition coefficient (Wildman–Crippen LogP) is 4.35. The largest absolute Gasteiger partial charge is 0.462 e. The van der Waals surface area contributed by atoms with E-state index in [2.05, 4.69) is 0 Å². The van der Waals surface area contributed by atoms with E-state index in [0.29, 0.717) is 37.2 Å². The van der Waals surface area contributed by atoms with Crippen LogP contribution in [0.5, 0.6) is 0 Å². The molecule has 0 N–H and O–H groups in total. The first-order valence-electron chi connectivity index (χ1n) is 8.37. The molecule has 0 amide bonds. The molecule has 0 atom stereocenters. The molecule has 0 saturated heterocycles. The Balaban J connectivity index is 5.03. The van der Waals surface area contributed by atoms with Gasteiger partial charge in [0.25, 0.3) is 0 Å². The molecular formula is C18H30O4. The fraction of sp³-hybridized carbons (Fsp3) is 0.667. The lowest BCUT2D eigenvalue weighted by Gasteiger charge is -2.12. The minimum absolute atomic E-state index is 0.321. The van der Waals surface area contributed by atoms with Crippen LogP contribution in [0.3, 0.4) is 0 Å². The van der Waals surface area contributed by atoms with Gasteiger partial charge in [0.1, 0.15) is 0 Å². The van der Waals surface area contributed by atoms with Crippen LogP contribution in [0.1, 0.15) is 66.2 Å². The second-order valence-corrected chi connectivity index (χ2v) is 5.03. The Morgan fingerprint density at radius 1 is 0.727 bits per heavy atom. The topological polar surface area (TPSA) is 52.6 Å². The van der Waals surface area contributed by atoms with E-state index in [1.165, 1.54) is 0 Å². The Morgan fingerprint density at radius 2 is 1.09 bits per heavy atom. The number of hydrogen-bond donors (Lipinski definition) is 0. The highest BCUT2D eigenvalue weighted by Crippen LogP contribution is 2.17. The summed E-state index contributed by atoms with van der Waals surface area (Å²) < 4.78 is 10.5. The van der Waals surface area contributed by atoms with E-state index in [0.717, 1.165) is 25.7 Å². The SMILES string of the molecule is CCC=C(C(=O)OCCCC)C(=CCC)C(=O)OCCCC. The highest BCUT2D eigenvalue weighted by atomic mass is 16.5. The first kappa shape index (κ1) is 20.4. The van der Waals surface area contributed by atoms with Crippen molar-refractivity contribution in [3.8, 4) is 0 Å². The monoisotopic (exact) mass is 310 g/mol. The summed E-state index contributed by atoms with van der Waals surface area (Å²) in [6, 6.07) is 0. The minimum atomic E-state index is -0.442. The number of rotatable bonds is 11. The second kappa shape index (κ2) is 13.1. The fourth-order valence-corrected chi connectivity index (χ4v) is 1.79. The Hall–Kier alpha value is -1.58. The number of unbranched alkanes of at least 4 members (excludes halogenated alkanes) is 2. The maximum absolute atomic E-state index is 12.2. The van der Waals surface area contributed by atoms with Crippen LogP contribution in [0.15, 0.2) is 23.3 Å². The van der Waals surface area contributed by atoms with Gasteiger partial charge in [0.05, 0.1) is 24.4 Å². The summed E-state index contributed by atoms with van der Waals surface area (Å²) in [5, 5.41) is 0. The molecule has 0 saturated carbocycles. The molecule has 0 unspecified atom stereocenters. The van der Waals surface area contributed by atoms with Crippen molar-refractivity contribution in [2.75, 3.05) is 13.2 Å². The molecule has 4 nitrogen and oxygen atoms in total. The lowest BCUT2D eigenvalue weighted by molar-refractivity contribution is -0.142. The van der Waals surface area contributed by atoms with Crippen LogP contribution in [-0.2, 0) is 19.1 Å². The van der Waals surface area contributed by atoms with E-state index >= 15 is 0 Å². The summed E-state index contributed by atoms with van der Waals surface area (Å²) in [7, 11) is 0. The fourth-order valence-electron chi connectivity index (χ4n) is 1.79. The smallest absolute Gasteiger partial charge is 0.338 e. The van der Waals surface area contributed by atoms with Crippen molar-refractivity contribution in [3.05, 3.63) is 23.3 Å². The van der Waals surface area contributed by atoms with Gasteiger partial charge in [0, 0.05) is 0 Å². The summed E-state index contributed by atoms with van der Waals surface area (Å²) >= 11 is 0. The van der Waals surface area contributed by atoms with E-state index in [-0.39, 0.29) is 0 Å². The molecule has 0 fully saturated rings. The highest BCUT2D eigenvalue weighted by Gasteiger charge is 2.22. The number of carbonyl (C=O) groups excluding carboxylic acids is 2.